The second-order valence-corrected chi connectivity index (χ2v) is 5.32. The van der Waals surface area contributed by atoms with Gasteiger partial charge >= 0.3 is 0 Å². The van der Waals surface area contributed by atoms with Crippen molar-refractivity contribution in [2.24, 2.45) is 0 Å². The lowest BCUT2D eigenvalue weighted by atomic mass is 9.87. The lowest BCUT2D eigenvalue weighted by Gasteiger charge is -2.15. The van der Waals surface area contributed by atoms with Gasteiger partial charge in [-0.1, -0.05) is 47.5 Å². The van der Waals surface area contributed by atoms with E-state index >= 15 is 0 Å². The van der Waals surface area contributed by atoms with Crippen LogP contribution in [0, 0.1) is 12.7 Å². The van der Waals surface area contributed by atoms with Gasteiger partial charge in [-0.05, 0) is 26.0 Å². The quantitative estimate of drug-likeness (QED) is 0.622. The summed E-state index contributed by atoms with van der Waals surface area (Å²) in [5, 5.41) is 0.0793. The molecule has 0 saturated carbocycles. The van der Waals surface area contributed by atoms with Crippen LogP contribution < -0.4 is 0 Å². The summed E-state index contributed by atoms with van der Waals surface area (Å²) in [4.78, 5) is 24.4. The number of benzene rings is 2. The Morgan fingerprint density at radius 2 is 1.71 bits per heavy atom. The fourth-order valence-corrected chi connectivity index (χ4v) is 2.46. The molecule has 4 heteroatoms. The summed E-state index contributed by atoms with van der Waals surface area (Å²) in [6.07, 6.45) is 0. The van der Waals surface area contributed by atoms with E-state index in [4.69, 9.17) is 11.6 Å². The molecular formula is C17H14ClFO2. The van der Waals surface area contributed by atoms with Crippen LogP contribution in [-0.2, 0) is 4.79 Å². The average Bonchev–Trinajstić information content (AvgIpc) is 2.42. The van der Waals surface area contributed by atoms with Crippen LogP contribution in [0.4, 0.5) is 4.39 Å². The van der Waals surface area contributed by atoms with Gasteiger partial charge in [0.05, 0.1) is 0 Å². The molecule has 1 unspecified atom stereocenters. The van der Waals surface area contributed by atoms with Gasteiger partial charge in [-0.2, -0.15) is 0 Å². The normalized spacial score (nSPS) is 12.0. The minimum absolute atomic E-state index is 0.0581. The first kappa shape index (κ1) is 15.4. The van der Waals surface area contributed by atoms with E-state index in [0.717, 1.165) is 5.56 Å². The number of halogens is 2. The Labute approximate surface area is 127 Å². The van der Waals surface area contributed by atoms with Crippen LogP contribution in [0.15, 0.2) is 42.5 Å². The number of aryl methyl sites for hydroxylation is 1. The fourth-order valence-electron chi connectivity index (χ4n) is 2.19. The predicted molar refractivity (Wildman–Crippen MR) is 80.3 cm³/mol. The van der Waals surface area contributed by atoms with E-state index in [9.17, 15) is 14.0 Å². The third-order valence-corrected chi connectivity index (χ3v) is 3.62. The molecule has 0 radical (unpaired) electrons. The SMILES string of the molecule is CC(=O)C(C(=O)c1ccc(C)cc1)c1c(F)cccc1Cl. The number of carbonyl (C=O) groups is 2. The zero-order valence-electron chi connectivity index (χ0n) is 11.7. The third kappa shape index (κ3) is 3.19. The molecule has 0 N–H and O–H groups in total. The molecule has 108 valence electrons. The highest BCUT2D eigenvalue weighted by molar-refractivity contribution is 6.32. The van der Waals surface area contributed by atoms with Gasteiger partial charge in [0.1, 0.15) is 17.5 Å². The first-order chi connectivity index (χ1) is 9.91. The molecule has 1 atom stereocenters. The molecule has 2 aromatic rings. The van der Waals surface area contributed by atoms with Crippen molar-refractivity contribution < 1.29 is 14.0 Å². The van der Waals surface area contributed by atoms with Gasteiger partial charge in [0.2, 0.25) is 0 Å². The Morgan fingerprint density at radius 3 is 2.24 bits per heavy atom. The van der Waals surface area contributed by atoms with Crippen LogP contribution in [0.1, 0.15) is 34.3 Å². The summed E-state index contributed by atoms with van der Waals surface area (Å²) in [6.45, 7) is 3.16. The number of rotatable bonds is 4. The Kier molecular flexibility index (Phi) is 4.53. The first-order valence-electron chi connectivity index (χ1n) is 6.47. The van der Waals surface area contributed by atoms with Crippen LogP contribution in [0.2, 0.25) is 5.02 Å². The number of carbonyl (C=O) groups excluding carboxylic acids is 2. The van der Waals surface area contributed by atoms with Gasteiger partial charge in [-0.3, -0.25) is 9.59 Å². The van der Waals surface area contributed by atoms with Gasteiger partial charge < -0.3 is 0 Å². The maximum absolute atomic E-state index is 14.0. The van der Waals surface area contributed by atoms with Gasteiger partial charge in [-0.25, -0.2) is 4.39 Å². The smallest absolute Gasteiger partial charge is 0.177 e. The first-order valence-corrected chi connectivity index (χ1v) is 6.85. The van der Waals surface area contributed by atoms with Crippen LogP contribution >= 0.6 is 11.6 Å². The van der Waals surface area contributed by atoms with Crippen molar-refractivity contribution in [2.45, 2.75) is 19.8 Å². The second-order valence-electron chi connectivity index (χ2n) is 4.91. The summed E-state index contributed by atoms with van der Waals surface area (Å²) >= 11 is 5.98. The number of hydrogen-bond donors (Lipinski definition) is 0. The molecule has 2 nitrogen and oxygen atoms in total. The number of hydrogen-bond acceptors (Lipinski definition) is 2. The van der Waals surface area contributed by atoms with E-state index in [1.807, 2.05) is 6.92 Å². The Hall–Kier alpha value is -2.00. The third-order valence-electron chi connectivity index (χ3n) is 3.29. The largest absolute Gasteiger partial charge is 0.299 e. The molecule has 0 aromatic heterocycles. The van der Waals surface area contributed by atoms with Gasteiger partial charge in [0, 0.05) is 16.1 Å². The summed E-state index contributed by atoms with van der Waals surface area (Å²) < 4.78 is 14.0. The van der Waals surface area contributed by atoms with Crippen molar-refractivity contribution in [1.29, 1.82) is 0 Å². The van der Waals surface area contributed by atoms with Crippen molar-refractivity contribution in [3.8, 4) is 0 Å². The predicted octanol–water partition coefficient (Wildman–Crippen LogP) is 4.34. The lowest BCUT2D eigenvalue weighted by Crippen LogP contribution is -2.21. The zero-order valence-corrected chi connectivity index (χ0v) is 12.4. The molecule has 21 heavy (non-hydrogen) atoms. The molecule has 0 amide bonds. The highest BCUT2D eigenvalue weighted by atomic mass is 35.5. The Balaban J connectivity index is 2.52. The minimum Gasteiger partial charge on any atom is -0.299 e. The number of Topliss-reactive ketones (excluding diaryl/α,β-unsaturated/α-hetero) is 2. The van der Waals surface area contributed by atoms with Crippen LogP contribution in [0.3, 0.4) is 0 Å². The van der Waals surface area contributed by atoms with Crippen LogP contribution in [-0.4, -0.2) is 11.6 Å². The molecular weight excluding hydrogens is 291 g/mol. The summed E-state index contributed by atoms with van der Waals surface area (Å²) in [6, 6.07) is 10.9. The van der Waals surface area contributed by atoms with Crippen molar-refractivity contribution >= 4 is 23.2 Å². The van der Waals surface area contributed by atoms with E-state index < -0.39 is 23.3 Å². The lowest BCUT2D eigenvalue weighted by molar-refractivity contribution is -0.117. The highest BCUT2D eigenvalue weighted by Crippen LogP contribution is 2.30. The van der Waals surface area contributed by atoms with Crippen molar-refractivity contribution in [1.82, 2.24) is 0 Å². The Bertz CT molecular complexity index is 672. The summed E-state index contributed by atoms with van der Waals surface area (Å²) in [5.74, 6) is -2.76. The second kappa shape index (κ2) is 6.19. The highest BCUT2D eigenvalue weighted by Gasteiger charge is 2.30. The topological polar surface area (TPSA) is 34.1 Å². The van der Waals surface area contributed by atoms with E-state index in [0.29, 0.717) is 5.56 Å². The molecule has 0 aliphatic rings. The van der Waals surface area contributed by atoms with Gasteiger partial charge in [0.25, 0.3) is 0 Å². The maximum Gasteiger partial charge on any atom is 0.177 e. The van der Waals surface area contributed by atoms with Crippen molar-refractivity contribution in [2.75, 3.05) is 0 Å². The molecule has 0 bridgehead atoms. The van der Waals surface area contributed by atoms with E-state index in [1.54, 1.807) is 24.3 Å². The standard InChI is InChI=1S/C17H14ClFO2/c1-10-6-8-12(9-7-10)17(21)15(11(2)20)16-13(18)4-3-5-14(16)19/h3-9,15H,1-2H3. The molecule has 0 spiro atoms. The Morgan fingerprint density at radius 1 is 1.10 bits per heavy atom. The number of ketones is 2. The molecule has 0 fully saturated rings. The van der Waals surface area contributed by atoms with E-state index in [2.05, 4.69) is 0 Å². The fraction of sp³-hybridized carbons (Fsp3) is 0.176. The van der Waals surface area contributed by atoms with Crippen LogP contribution in [0.5, 0.6) is 0 Å². The molecule has 0 heterocycles. The summed E-state index contributed by atoms with van der Waals surface area (Å²) in [7, 11) is 0. The molecule has 0 saturated heterocycles. The van der Waals surface area contributed by atoms with E-state index in [-0.39, 0.29) is 10.6 Å². The van der Waals surface area contributed by atoms with Gasteiger partial charge in [-0.15, -0.1) is 0 Å². The summed E-state index contributed by atoms with van der Waals surface area (Å²) in [5.41, 5.74) is 1.30. The molecule has 0 aliphatic carbocycles. The van der Waals surface area contributed by atoms with E-state index in [1.165, 1.54) is 25.1 Å². The van der Waals surface area contributed by atoms with Crippen molar-refractivity contribution in [3.05, 3.63) is 70.0 Å². The average molecular weight is 305 g/mol. The maximum atomic E-state index is 14.0. The van der Waals surface area contributed by atoms with Crippen LogP contribution in [0.25, 0.3) is 0 Å². The van der Waals surface area contributed by atoms with Crippen molar-refractivity contribution in [3.63, 3.8) is 0 Å². The monoisotopic (exact) mass is 304 g/mol. The molecule has 0 aliphatic heterocycles. The zero-order chi connectivity index (χ0) is 15.6. The minimum atomic E-state index is -1.22. The van der Waals surface area contributed by atoms with Gasteiger partial charge in [0.15, 0.2) is 5.78 Å². The molecule has 2 aromatic carbocycles. The molecule has 2 rings (SSSR count).